The summed E-state index contributed by atoms with van der Waals surface area (Å²) in [7, 11) is 0. The lowest BCUT2D eigenvalue weighted by Crippen LogP contribution is -2.00. The highest BCUT2D eigenvalue weighted by Crippen LogP contribution is 2.26. The molecule has 0 amide bonds. The van der Waals surface area contributed by atoms with Gasteiger partial charge in [-0.15, -0.1) is 0 Å². The molecular weight excluding hydrogens is 307 g/mol. The van der Waals surface area contributed by atoms with Gasteiger partial charge in [0.25, 0.3) is 0 Å². The molecule has 2 N–H and O–H groups in total. The molecule has 1 aromatic carbocycles. The van der Waals surface area contributed by atoms with Crippen molar-refractivity contribution in [1.29, 1.82) is 0 Å². The minimum Gasteiger partial charge on any atom is -0.381 e. The third-order valence-electron chi connectivity index (χ3n) is 3.07. The number of benzene rings is 1. The Balaban J connectivity index is 1.77. The van der Waals surface area contributed by atoms with Crippen LogP contribution in [0.15, 0.2) is 48.9 Å². The number of hydrogen-bond donors (Lipinski definition) is 2. The Hall–Kier alpha value is -2.04. The van der Waals surface area contributed by atoms with E-state index >= 15 is 0 Å². The number of anilines is 1. The van der Waals surface area contributed by atoms with E-state index in [1.54, 1.807) is 30.7 Å². The van der Waals surface area contributed by atoms with Crippen LogP contribution in [0, 0.1) is 0 Å². The van der Waals surface area contributed by atoms with E-state index in [2.05, 4.69) is 20.5 Å². The molecule has 2 aromatic heterocycles. The molecule has 0 saturated heterocycles. The van der Waals surface area contributed by atoms with E-state index in [4.69, 9.17) is 23.2 Å². The van der Waals surface area contributed by atoms with Gasteiger partial charge in [-0.25, -0.2) is 0 Å². The molecule has 6 heteroatoms. The second-order valence-corrected chi connectivity index (χ2v) is 5.31. The second-order valence-electron chi connectivity index (χ2n) is 4.49. The summed E-state index contributed by atoms with van der Waals surface area (Å²) >= 11 is 11.9. The van der Waals surface area contributed by atoms with E-state index in [9.17, 15) is 0 Å². The van der Waals surface area contributed by atoms with Crippen molar-refractivity contribution in [2.24, 2.45) is 0 Å². The zero-order chi connectivity index (χ0) is 14.7. The minimum absolute atomic E-state index is 0.529. The van der Waals surface area contributed by atoms with Crippen LogP contribution >= 0.6 is 23.2 Å². The predicted molar refractivity (Wildman–Crippen MR) is 85.6 cm³/mol. The van der Waals surface area contributed by atoms with Crippen molar-refractivity contribution in [1.82, 2.24) is 15.2 Å². The highest BCUT2D eigenvalue weighted by molar-refractivity contribution is 6.42. The molecule has 4 nitrogen and oxygen atoms in total. The summed E-state index contributed by atoms with van der Waals surface area (Å²) < 4.78 is 0. The van der Waals surface area contributed by atoms with Crippen molar-refractivity contribution in [3.63, 3.8) is 0 Å². The maximum absolute atomic E-state index is 6.00. The Bertz CT molecular complexity index is 740. The first-order valence-corrected chi connectivity index (χ1v) is 7.11. The van der Waals surface area contributed by atoms with Crippen LogP contribution in [0.1, 0.15) is 5.56 Å². The third kappa shape index (κ3) is 3.17. The van der Waals surface area contributed by atoms with Crippen LogP contribution in [0.3, 0.4) is 0 Å². The van der Waals surface area contributed by atoms with Crippen molar-refractivity contribution < 1.29 is 0 Å². The molecule has 21 heavy (non-hydrogen) atoms. The quantitative estimate of drug-likeness (QED) is 0.750. The van der Waals surface area contributed by atoms with Crippen molar-refractivity contribution in [3.8, 4) is 11.3 Å². The molecule has 3 aromatic rings. The Labute approximate surface area is 132 Å². The lowest BCUT2D eigenvalue weighted by Gasteiger charge is -2.08. The van der Waals surface area contributed by atoms with Crippen LogP contribution in [0.25, 0.3) is 11.3 Å². The zero-order valence-corrected chi connectivity index (χ0v) is 12.5. The largest absolute Gasteiger partial charge is 0.381 e. The lowest BCUT2D eigenvalue weighted by atomic mass is 10.1. The van der Waals surface area contributed by atoms with Crippen LogP contribution in [-0.2, 0) is 6.54 Å². The van der Waals surface area contributed by atoms with E-state index in [0.29, 0.717) is 16.6 Å². The summed E-state index contributed by atoms with van der Waals surface area (Å²) in [6.45, 7) is 0.624. The molecule has 2 heterocycles. The third-order valence-corrected chi connectivity index (χ3v) is 3.81. The van der Waals surface area contributed by atoms with Crippen LogP contribution in [-0.4, -0.2) is 15.2 Å². The van der Waals surface area contributed by atoms with Crippen LogP contribution in [0.4, 0.5) is 5.69 Å². The summed E-state index contributed by atoms with van der Waals surface area (Å²) in [6.07, 6.45) is 5.34. The van der Waals surface area contributed by atoms with E-state index in [1.165, 1.54) is 0 Å². The Morgan fingerprint density at radius 2 is 2.00 bits per heavy atom. The molecule has 0 spiro atoms. The first-order chi connectivity index (χ1) is 10.2. The number of hydrogen-bond acceptors (Lipinski definition) is 3. The van der Waals surface area contributed by atoms with Gasteiger partial charge < -0.3 is 5.32 Å². The van der Waals surface area contributed by atoms with E-state index in [0.717, 1.165) is 22.5 Å². The number of pyridine rings is 1. The number of halogens is 2. The number of aromatic nitrogens is 3. The highest BCUT2D eigenvalue weighted by Gasteiger charge is 2.08. The molecule has 3 rings (SSSR count). The van der Waals surface area contributed by atoms with E-state index in [-0.39, 0.29) is 0 Å². The molecule has 0 aliphatic heterocycles. The standard InChI is InChI=1S/C15H12Cl2N4/c16-13-4-3-12(6-14(13)17)19-8-11-9-20-21-15(11)10-2-1-5-18-7-10/h1-7,9,19H,8H2,(H,20,21). The molecule has 0 bridgehead atoms. The van der Waals surface area contributed by atoms with Gasteiger partial charge in [0.1, 0.15) is 0 Å². The second kappa shape index (κ2) is 6.16. The summed E-state index contributed by atoms with van der Waals surface area (Å²) in [5, 5.41) is 11.5. The predicted octanol–water partition coefficient (Wildman–Crippen LogP) is 4.39. The van der Waals surface area contributed by atoms with Gasteiger partial charge in [-0.3, -0.25) is 10.1 Å². The smallest absolute Gasteiger partial charge is 0.0715 e. The first-order valence-electron chi connectivity index (χ1n) is 6.35. The number of nitrogens with one attached hydrogen (secondary N) is 2. The fraction of sp³-hybridized carbons (Fsp3) is 0.0667. The van der Waals surface area contributed by atoms with Gasteiger partial charge in [0.05, 0.1) is 21.9 Å². The maximum Gasteiger partial charge on any atom is 0.0715 e. The SMILES string of the molecule is Clc1ccc(NCc2cn[nH]c2-c2cccnc2)cc1Cl. The van der Waals surface area contributed by atoms with Gasteiger partial charge in [0.15, 0.2) is 0 Å². The minimum atomic E-state index is 0.529. The van der Waals surface area contributed by atoms with Crippen molar-refractivity contribution in [2.75, 3.05) is 5.32 Å². The normalized spacial score (nSPS) is 10.6. The average molecular weight is 319 g/mol. The van der Waals surface area contributed by atoms with Crippen molar-refractivity contribution >= 4 is 28.9 Å². The molecule has 0 aliphatic rings. The van der Waals surface area contributed by atoms with E-state index < -0.39 is 0 Å². The number of rotatable bonds is 4. The van der Waals surface area contributed by atoms with Crippen LogP contribution < -0.4 is 5.32 Å². The molecule has 0 fully saturated rings. The number of aromatic amines is 1. The topological polar surface area (TPSA) is 53.6 Å². The van der Waals surface area contributed by atoms with Crippen LogP contribution in [0.2, 0.25) is 10.0 Å². The highest BCUT2D eigenvalue weighted by atomic mass is 35.5. The van der Waals surface area contributed by atoms with Gasteiger partial charge in [-0.2, -0.15) is 5.10 Å². The molecular formula is C15H12Cl2N4. The zero-order valence-electron chi connectivity index (χ0n) is 11.0. The Kier molecular flexibility index (Phi) is 4.08. The summed E-state index contributed by atoms with van der Waals surface area (Å²) in [5.74, 6) is 0. The van der Waals surface area contributed by atoms with Crippen molar-refractivity contribution in [2.45, 2.75) is 6.54 Å². The molecule has 0 atom stereocenters. The fourth-order valence-electron chi connectivity index (χ4n) is 2.01. The summed E-state index contributed by atoms with van der Waals surface area (Å²) in [4.78, 5) is 4.12. The van der Waals surface area contributed by atoms with Gasteiger partial charge in [-0.1, -0.05) is 23.2 Å². The van der Waals surface area contributed by atoms with E-state index in [1.807, 2.05) is 18.2 Å². The Morgan fingerprint density at radius 3 is 2.76 bits per heavy atom. The molecule has 0 radical (unpaired) electrons. The van der Waals surface area contributed by atoms with Gasteiger partial charge in [0.2, 0.25) is 0 Å². The van der Waals surface area contributed by atoms with Gasteiger partial charge in [-0.05, 0) is 30.3 Å². The molecule has 106 valence electrons. The van der Waals surface area contributed by atoms with Gasteiger partial charge in [0, 0.05) is 35.8 Å². The lowest BCUT2D eigenvalue weighted by molar-refractivity contribution is 1.09. The molecule has 0 aliphatic carbocycles. The summed E-state index contributed by atoms with van der Waals surface area (Å²) in [5.41, 5.74) is 3.91. The summed E-state index contributed by atoms with van der Waals surface area (Å²) in [6, 6.07) is 9.34. The Morgan fingerprint density at radius 1 is 1.10 bits per heavy atom. The molecule has 0 unspecified atom stereocenters. The monoisotopic (exact) mass is 318 g/mol. The van der Waals surface area contributed by atoms with Gasteiger partial charge >= 0.3 is 0 Å². The number of H-pyrrole nitrogens is 1. The first kappa shape index (κ1) is 13.9. The van der Waals surface area contributed by atoms with Crippen molar-refractivity contribution in [3.05, 3.63) is 64.5 Å². The average Bonchev–Trinajstić information content (AvgIpc) is 2.98. The molecule has 0 saturated carbocycles. The fourth-order valence-corrected chi connectivity index (χ4v) is 2.31. The number of nitrogens with zero attached hydrogens (tertiary/aromatic N) is 2. The maximum atomic E-state index is 6.00. The van der Waals surface area contributed by atoms with Crippen LogP contribution in [0.5, 0.6) is 0 Å².